The van der Waals surface area contributed by atoms with Crippen molar-refractivity contribution in [1.29, 1.82) is 0 Å². The first-order valence-electron chi connectivity index (χ1n) is 9.07. The number of hydrogen-bond donors (Lipinski definition) is 2. The van der Waals surface area contributed by atoms with Crippen molar-refractivity contribution in [1.82, 2.24) is 5.43 Å². The van der Waals surface area contributed by atoms with Crippen LogP contribution in [0.1, 0.15) is 53.3 Å². The molecule has 3 rings (SSSR count). The summed E-state index contributed by atoms with van der Waals surface area (Å²) < 4.78 is 0.731. The van der Waals surface area contributed by atoms with Gasteiger partial charge in [0.2, 0.25) is 0 Å². The SMILES string of the molecule is C[C@@H]1CCCC/C1=N/NC(=O)c1ccc(NC(=O)c2ccccc2Br)cc1. The van der Waals surface area contributed by atoms with Crippen LogP contribution in [0.4, 0.5) is 5.69 Å². The van der Waals surface area contributed by atoms with Gasteiger partial charge in [0.05, 0.1) is 5.56 Å². The number of carbonyl (C=O) groups excluding carboxylic acids is 2. The summed E-state index contributed by atoms with van der Waals surface area (Å²) >= 11 is 3.37. The average Bonchev–Trinajstić information content (AvgIpc) is 2.68. The molecule has 2 amide bonds. The van der Waals surface area contributed by atoms with Crippen molar-refractivity contribution in [3.05, 3.63) is 64.1 Å². The van der Waals surface area contributed by atoms with Crippen LogP contribution in [0, 0.1) is 5.92 Å². The molecule has 0 radical (unpaired) electrons. The fourth-order valence-corrected chi connectivity index (χ4v) is 3.54. The Labute approximate surface area is 167 Å². The van der Waals surface area contributed by atoms with E-state index in [4.69, 9.17) is 0 Å². The lowest BCUT2D eigenvalue weighted by atomic mass is 9.89. The number of hydrazone groups is 1. The predicted molar refractivity (Wildman–Crippen MR) is 111 cm³/mol. The number of nitrogens with one attached hydrogen (secondary N) is 2. The summed E-state index contributed by atoms with van der Waals surface area (Å²) in [5.41, 5.74) is 5.39. The first-order valence-corrected chi connectivity index (χ1v) is 9.86. The molecular weight excluding hydrogens is 406 g/mol. The second-order valence-corrected chi connectivity index (χ2v) is 7.56. The Morgan fingerprint density at radius 1 is 1.04 bits per heavy atom. The van der Waals surface area contributed by atoms with Gasteiger partial charge in [-0.2, -0.15) is 5.10 Å². The van der Waals surface area contributed by atoms with Gasteiger partial charge in [0.1, 0.15) is 0 Å². The van der Waals surface area contributed by atoms with Gasteiger partial charge in [-0.3, -0.25) is 9.59 Å². The maximum atomic E-state index is 12.3. The van der Waals surface area contributed by atoms with Crippen LogP contribution in [0.5, 0.6) is 0 Å². The summed E-state index contributed by atoms with van der Waals surface area (Å²) in [7, 11) is 0. The van der Waals surface area contributed by atoms with Crippen molar-refractivity contribution in [2.45, 2.75) is 32.6 Å². The van der Waals surface area contributed by atoms with Gasteiger partial charge in [-0.25, -0.2) is 5.43 Å². The van der Waals surface area contributed by atoms with E-state index in [0.29, 0.717) is 22.7 Å². The van der Waals surface area contributed by atoms with Crippen molar-refractivity contribution in [3.63, 3.8) is 0 Å². The summed E-state index contributed by atoms with van der Waals surface area (Å²) in [6.45, 7) is 2.15. The maximum Gasteiger partial charge on any atom is 0.271 e. The zero-order valence-electron chi connectivity index (χ0n) is 15.2. The third-order valence-electron chi connectivity index (χ3n) is 4.71. The largest absolute Gasteiger partial charge is 0.322 e. The molecule has 0 unspecified atom stereocenters. The molecular formula is C21H22BrN3O2. The Hall–Kier alpha value is -2.47. The summed E-state index contributed by atoms with van der Waals surface area (Å²) in [5, 5.41) is 7.13. The Morgan fingerprint density at radius 2 is 1.78 bits per heavy atom. The number of benzene rings is 2. The summed E-state index contributed by atoms with van der Waals surface area (Å²) in [6, 6.07) is 14.0. The standard InChI is InChI=1S/C21H22BrN3O2/c1-14-6-2-5-9-19(14)24-25-20(26)15-10-12-16(13-11-15)23-21(27)17-7-3-4-8-18(17)22/h3-4,7-8,10-14H,2,5-6,9H2,1H3,(H,23,27)(H,25,26)/b24-19-/t14-/m1/s1. The van der Waals surface area contributed by atoms with Crippen molar-refractivity contribution in [2.75, 3.05) is 5.32 Å². The molecule has 0 spiro atoms. The minimum Gasteiger partial charge on any atom is -0.322 e. The first kappa shape index (κ1) is 19.3. The number of nitrogens with zero attached hydrogens (tertiary/aromatic N) is 1. The topological polar surface area (TPSA) is 70.6 Å². The Kier molecular flexibility index (Phi) is 6.40. The first-order chi connectivity index (χ1) is 13.0. The fourth-order valence-electron chi connectivity index (χ4n) is 3.07. The van der Waals surface area contributed by atoms with E-state index < -0.39 is 0 Å². The van der Waals surface area contributed by atoms with Crippen molar-refractivity contribution < 1.29 is 9.59 Å². The molecule has 0 aliphatic heterocycles. The zero-order chi connectivity index (χ0) is 19.2. The van der Waals surface area contributed by atoms with Gasteiger partial charge in [-0.15, -0.1) is 0 Å². The van der Waals surface area contributed by atoms with Gasteiger partial charge < -0.3 is 5.32 Å². The lowest BCUT2D eigenvalue weighted by Gasteiger charge is -2.19. The van der Waals surface area contributed by atoms with Crippen LogP contribution in [0.3, 0.4) is 0 Å². The van der Waals surface area contributed by atoms with Gasteiger partial charge in [0, 0.05) is 21.4 Å². The molecule has 1 saturated carbocycles. The normalized spacial score (nSPS) is 18.1. The zero-order valence-corrected chi connectivity index (χ0v) is 16.8. The highest BCUT2D eigenvalue weighted by atomic mass is 79.9. The monoisotopic (exact) mass is 427 g/mol. The molecule has 5 nitrogen and oxygen atoms in total. The molecule has 0 saturated heterocycles. The number of carbonyl (C=O) groups is 2. The van der Waals surface area contributed by atoms with E-state index in [1.165, 1.54) is 6.42 Å². The Bertz CT molecular complexity index is 862. The Morgan fingerprint density at radius 3 is 2.48 bits per heavy atom. The van der Waals surface area contributed by atoms with Gasteiger partial charge in [-0.05, 0) is 77.5 Å². The van der Waals surface area contributed by atoms with E-state index in [1.807, 2.05) is 18.2 Å². The quantitative estimate of drug-likeness (QED) is 0.673. The second kappa shape index (κ2) is 8.95. The molecule has 0 heterocycles. The fraction of sp³-hybridized carbons (Fsp3) is 0.286. The molecule has 2 N–H and O–H groups in total. The number of halogens is 1. The van der Waals surface area contributed by atoms with Crippen molar-refractivity contribution >= 4 is 39.1 Å². The van der Waals surface area contributed by atoms with Crippen LogP contribution >= 0.6 is 15.9 Å². The van der Waals surface area contributed by atoms with Gasteiger partial charge >= 0.3 is 0 Å². The Balaban J connectivity index is 1.61. The second-order valence-electron chi connectivity index (χ2n) is 6.70. The van der Waals surface area contributed by atoms with Crippen molar-refractivity contribution in [3.8, 4) is 0 Å². The average molecular weight is 428 g/mol. The molecule has 140 valence electrons. The van der Waals surface area contributed by atoms with E-state index in [0.717, 1.165) is 29.4 Å². The summed E-state index contributed by atoms with van der Waals surface area (Å²) in [4.78, 5) is 24.6. The van der Waals surface area contributed by atoms with Crippen LogP contribution in [0.2, 0.25) is 0 Å². The van der Waals surface area contributed by atoms with Gasteiger partial charge in [0.15, 0.2) is 0 Å². The van der Waals surface area contributed by atoms with Crippen LogP contribution in [0.25, 0.3) is 0 Å². The highest BCUT2D eigenvalue weighted by Crippen LogP contribution is 2.21. The minimum atomic E-state index is -0.246. The molecule has 0 aromatic heterocycles. The van der Waals surface area contributed by atoms with E-state index in [-0.39, 0.29) is 11.8 Å². The molecule has 1 aliphatic carbocycles. The third kappa shape index (κ3) is 5.04. The van der Waals surface area contributed by atoms with E-state index in [1.54, 1.807) is 30.3 Å². The van der Waals surface area contributed by atoms with Crippen LogP contribution in [-0.2, 0) is 0 Å². The van der Waals surface area contributed by atoms with Crippen molar-refractivity contribution in [2.24, 2.45) is 11.0 Å². The molecule has 1 aliphatic rings. The molecule has 0 bridgehead atoms. The highest BCUT2D eigenvalue weighted by Gasteiger charge is 2.16. The minimum absolute atomic E-state index is 0.211. The summed E-state index contributed by atoms with van der Waals surface area (Å²) in [6.07, 6.45) is 4.42. The molecule has 1 atom stereocenters. The molecule has 1 fully saturated rings. The molecule has 2 aromatic carbocycles. The molecule has 2 aromatic rings. The lowest BCUT2D eigenvalue weighted by Crippen LogP contribution is -2.24. The van der Waals surface area contributed by atoms with Gasteiger partial charge in [-0.1, -0.05) is 25.5 Å². The maximum absolute atomic E-state index is 12.3. The number of hydrogen-bond acceptors (Lipinski definition) is 3. The van der Waals surface area contributed by atoms with E-state index in [9.17, 15) is 9.59 Å². The molecule has 27 heavy (non-hydrogen) atoms. The number of rotatable bonds is 4. The van der Waals surface area contributed by atoms with Gasteiger partial charge in [0.25, 0.3) is 11.8 Å². The lowest BCUT2D eigenvalue weighted by molar-refractivity contribution is 0.0953. The van der Waals surface area contributed by atoms with E-state index >= 15 is 0 Å². The third-order valence-corrected chi connectivity index (χ3v) is 5.40. The highest BCUT2D eigenvalue weighted by molar-refractivity contribution is 9.10. The number of amides is 2. The van der Waals surface area contributed by atoms with Crippen LogP contribution < -0.4 is 10.7 Å². The summed E-state index contributed by atoms with van der Waals surface area (Å²) in [5.74, 6) is -0.0322. The van der Waals surface area contributed by atoms with E-state index in [2.05, 4.69) is 38.7 Å². The van der Waals surface area contributed by atoms with Crippen LogP contribution in [0.15, 0.2) is 58.1 Å². The van der Waals surface area contributed by atoms with Crippen LogP contribution in [-0.4, -0.2) is 17.5 Å². The predicted octanol–water partition coefficient (Wildman–Crippen LogP) is 5.00. The molecule has 6 heteroatoms. The smallest absolute Gasteiger partial charge is 0.271 e. The number of anilines is 1.